The number of hydrogen-bond donors (Lipinski definition) is 2. The van der Waals surface area contributed by atoms with Crippen molar-refractivity contribution in [2.75, 3.05) is 21.3 Å². The molecule has 18 heteroatoms. The second-order valence-corrected chi connectivity index (χ2v) is 21.7. The second kappa shape index (κ2) is 22.9. The van der Waals surface area contributed by atoms with E-state index >= 15 is 0 Å². The molecule has 5 aromatic rings. The van der Waals surface area contributed by atoms with Gasteiger partial charge in [-0.05, 0) is 126 Å². The van der Waals surface area contributed by atoms with Gasteiger partial charge in [0.1, 0.15) is 34.4 Å². The first-order valence-electron chi connectivity index (χ1n) is 24.9. The molecule has 2 amide bonds. The van der Waals surface area contributed by atoms with Gasteiger partial charge >= 0.3 is 35.7 Å². The van der Waals surface area contributed by atoms with Crippen LogP contribution in [0.5, 0.6) is 34.5 Å². The average molecular weight is 1030 g/mol. The molecule has 0 radical (unpaired) electrons. The third-order valence-electron chi connectivity index (χ3n) is 11.8. The summed E-state index contributed by atoms with van der Waals surface area (Å²) in [6.07, 6.45) is 0.115. The number of rotatable bonds is 18. The number of nitrogens with zero attached hydrogens (tertiary/aromatic N) is 1. The molecule has 2 aromatic heterocycles. The summed E-state index contributed by atoms with van der Waals surface area (Å²) < 4.78 is 54.2. The zero-order chi connectivity index (χ0) is 54.6. The van der Waals surface area contributed by atoms with Gasteiger partial charge in [0.15, 0.2) is 34.5 Å². The Bertz CT molecular complexity index is 2990. The van der Waals surface area contributed by atoms with E-state index in [-0.39, 0.29) is 89.2 Å². The van der Waals surface area contributed by atoms with Gasteiger partial charge in [-0.1, -0.05) is 47.6 Å². The van der Waals surface area contributed by atoms with Crippen molar-refractivity contribution < 1.29 is 66.3 Å². The number of amides is 2. The molecule has 0 saturated heterocycles. The van der Waals surface area contributed by atoms with Gasteiger partial charge in [-0.3, -0.25) is 4.79 Å². The summed E-state index contributed by atoms with van der Waals surface area (Å²) in [6, 6.07) is 9.41. The monoisotopic (exact) mass is 1030 g/mol. The van der Waals surface area contributed by atoms with Crippen molar-refractivity contribution in [3.8, 4) is 56.9 Å². The third-order valence-corrected chi connectivity index (χ3v) is 11.8. The Labute approximate surface area is 431 Å². The molecular weight excluding hydrogens is 955 g/mol. The predicted molar refractivity (Wildman–Crippen MR) is 278 cm³/mol. The molecule has 0 aliphatic carbocycles. The van der Waals surface area contributed by atoms with Crippen LogP contribution in [0.15, 0.2) is 51.7 Å². The van der Waals surface area contributed by atoms with Crippen molar-refractivity contribution in [3.05, 3.63) is 58.4 Å². The molecule has 3 heterocycles. The lowest BCUT2D eigenvalue weighted by molar-refractivity contribution is -0.138. The van der Waals surface area contributed by atoms with E-state index in [1.807, 2.05) is 46.1 Å². The second-order valence-electron chi connectivity index (χ2n) is 21.7. The van der Waals surface area contributed by atoms with Gasteiger partial charge in [0.05, 0.1) is 27.0 Å². The molecule has 0 unspecified atom stereocenters. The van der Waals surface area contributed by atoms with Crippen LogP contribution in [0.2, 0.25) is 0 Å². The highest BCUT2D eigenvalue weighted by Crippen LogP contribution is 2.50. The number of alkyl carbamates (subject to hydrolysis) is 2. The molecule has 6 rings (SSSR count). The third kappa shape index (κ3) is 13.5. The summed E-state index contributed by atoms with van der Waals surface area (Å²) in [5, 5.41) is 6.22. The average Bonchev–Trinajstić information content (AvgIpc) is 3.65. The Kier molecular flexibility index (Phi) is 17.3. The molecule has 2 atom stereocenters. The van der Waals surface area contributed by atoms with Crippen LogP contribution in [-0.4, -0.2) is 79.3 Å². The summed E-state index contributed by atoms with van der Waals surface area (Å²) in [6.45, 7) is 22.3. The van der Waals surface area contributed by atoms with Gasteiger partial charge in [-0.2, -0.15) is 0 Å². The first-order valence-corrected chi connectivity index (χ1v) is 24.9. The van der Waals surface area contributed by atoms with Crippen molar-refractivity contribution >= 4 is 52.0 Å². The largest absolute Gasteiger partial charge is 0.493 e. The highest BCUT2D eigenvalue weighted by atomic mass is 16.6. The minimum atomic E-state index is -1.06. The molecule has 0 bridgehead atoms. The van der Waals surface area contributed by atoms with E-state index < -0.39 is 59.0 Å². The van der Waals surface area contributed by atoms with Crippen LogP contribution in [0.4, 0.5) is 9.59 Å². The Morgan fingerprint density at radius 2 is 1.18 bits per heavy atom. The Balaban J connectivity index is 1.54. The number of aromatic nitrogens is 1. The Morgan fingerprint density at radius 3 is 1.70 bits per heavy atom. The first kappa shape index (κ1) is 56.1. The number of esters is 3. The molecule has 3 aromatic carbocycles. The van der Waals surface area contributed by atoms with Crippen molar-refractivity contribution in [2.45, 2.75) is 145 Å². The molecule has 0 fully saturated rings. The normalized spacial score (nSPS) is 13.2. The molecule has 0 saturated carbocycles. The molecule has 400 valence electrons. The van der Waals surface area contributed by atoms with Gasteiger partial charge in [-0.15, -0.1) is 0 Å². The summed E-state index contributed by atoms with van der Waals surface area (Å²) in [5.41, 5.74) is 1.02. The lowest BCUT2D eigenvalue weighted by Gasteiger charge is -2.25. The number of fused-ring (bicyclic) bond motifs is 7. The standard InChI is InChI=1S/C56H71N3O15/c1-29(2)16-19-45(60)69-44-28-39-35(27-42(44)68-15)47-46(33-17-18-38(40(25-33)66-13)70-50(61)36(22-30(3)4)57-53(64)73-55(7,8)9)48-34-26-41(67-14)43(24-32(34)20-21-59(48)49(47)52(63)71-39)72-51(62)37(23-31(5)6)58-54(65)74-56(10,11)12/h17-18,24-31,36-37H,16,19-23H2,1-15H3,(H,57,64)(H,58,65)/t36-,37-/m0/s1. The van der Waals surface area contributed by atoms with Gasteiger partial charge in [-0.25, -0.2) is 24.0 Å². The van der Waals surface area contributed by atoms with Crippen LogP contribution in [0.25, 0.3) is 44.3 Å². The highest BCUT2D eigenvalue weighted by molar-refractivity contribution is 6.17. The van der Waals surface area contributed by atoms with E-state index in [4.69, 9.17) is 42.3 Å². The topological polar surface area (TPSA) is 218 Å². The number of carbonyl (C=O) groups excluding carboxylic acids is 5. The molecule has 1 aliphatic heterocycles. The number of benzene rings is 3. The number of aryl methyl sites for hydroxylation is 2. The van der Waals surface area contributed by atoms with Crippen molar-refractivity contribution in [3.63, 3.8) is 0 Å². The number of hydrogen-bond acceptors (Lipinski definition) is 15. The summed E-state index contributed by atoms with van der Waals surface area (Å²) in [5.74, 6) is -0.914. The molecule has 0 spiro atoms. The van der Waals surface area contributed by atoms with Gasteiger partial charge in [0, 0.05) is 40.9 Å². The van der Waals surface area contributed by atoms with E-state index in [2.05, 4.69) is 10.6 Å². The molecule has 74 heavy (non-hydrogen) atoms. The summed E-state index contributed by atoms with van der Waals surface area (Å²) in [4.78, 5) is 81.1. The number of nitrogens with one attached hydrogen (secondary N) is 2. The molecule has 2 N–H and O–H groups in total. The van der Waals surface area contributed by atoms with Crippen LogP contribution >= 0.6 is 0 Å². The fourth-order valence-corrected chi connectivity index (χ4v) is 8.70. The number of methoxy groups -OCH3 is 3. The van der Waals surface area contributed by atoms with Crippen LogP contribution in [0, 0.1) is 17.8 Å². The Hall–Kier alpha value is -7.24. The lowest BCUT2D eigenvalue weighted by atomic mass is 9.91. The van der Waals surface area contributed by atoms with Crippen LogP contribution in [-0.2, 0) is 36.8 Å². The maximum Gasteiger partial charge on any atom is 0.408 e. The predicted octanol–water partition coefficient (Wildman–Crippen LogP) is 10.7. The molecule has 18 nitrogen and oxygen atoms in total. The van der Waals surface area contributed by atoms with Crippen LogP contribution in [0.1, 0.15) is 114 Å². The van der Waals surface area contributed by atoms with E-state index in [9.17, 15) is 28.8 Å². The summed E-state index contributed by atoms with van der Waals surface area (Å²) >= 11 is 0. The van der Waals surface area contributed by atoms with E-state index in [0.717, 1.165) is 5.56 Å². The van der Waals surface area contributed by atoms with Crippen molar-refractivity contribution in [1.82, 2.24) is 15.2 Å². The lowest BCUT2D eigenvalue weighted by Crippen LogP contribution is -2.45. The first-order chi connectivity index (χ1) is 34.7. The fourth-order valence-electron chi connectivity index (χ4n) is 8.70. The maximum absolute atomic E-state index is 14.5. The maximum atomic E-state index is 14.5. The van der Waals surface area contributed by atoms with Crippen LogP contribution in [0.3, 0.4) is 0 Å². The smallest absolute Gasteiger partial charge is 0.408 e. The fraction of sp³-hybridized carbons (Fsp3) is 0.500. The minimum absolute atomic E-state index is 0.000895. The molecular formula is C56H71N3O15. The van der Waals surface area contributed by atoms with E-state index in [1.54, 1.807) is 77.9 Å². The molecule has 1 aliphatic rings. The van der Waals surface area contributed by atoms with Crippen molar-refractivity contribution in [1.29, 1.82) is 0 Å². The minimum Gasteiger partial charge on any atom is -0.493 e. The van der Waals surface area contributed by atoms with Gasteiger partial charge in [0.2, 0.25) is 0 Å². The SMILES string of the molecule is COc1cc2c(cc1OC(=O)CCC(C)C)oc(=O)c1c2c(-c2ccc(OC(=O)[C@H](CC(C)C)NC(=O)OC(C)(C)C)c(OC)c2)c2n1CCc1cc(OC(=O)[C@H](CC(C)C)NC(=O)OC(C)(C)C)c(OC)cc1-2. The quantitative estimate of drug-likeness (QED) is 0.0474. The van der Waals surface area contributed by atoms with Gasteiger partial charge in [0.25, 0.3) is 0 Å². The van der Waals surface area contributed by atoms with Gasteiger partial charge < -0.3 is 57.5 Å². The highest BCUT2D eigenvalue weighted by Gasteiger charge is 2.34. The zero-order valence-corrected chi connectivity index (χ0v) is 45.2. The number of carbonyl (C=O) groups is 5. The van der Waals surface area contributed by atoms with E-state index in [1.165, 1.54) is 27.4 Å². The number of ether oxygens (including phenoxy) is 8. The van der Waals surface area contributed by atoms with Crippen molar-refractivity contribution in [2.24, 2.45) is 17.8 Å². The zero-order valence-electron chi connectivity index (χ0n) is 45.2. The van der Waals surface area contributed by atoms with E-state index in [0.29, 0.717) is 46.0 Å². The Morgan fingerprint density at radius 1 is 0.649 bits per heavy atom. The van der Waals surface area contributed by atoms with Crippen LogP contribution < -0.4 is 44.7 Å². The summed E-state index contributed by atoms with van der Waals surface area (Å²) in [7, 11) is 4.30.